The number of hydrogen-bond donors (Lipinski definition) is 0. The minimum absolute atomic E-state index is 0.109. The van der Waals surface area contributed by atoms with Crippen molar-refractivity contribution in [3.8, 4) is 0 Å². The van der Waals surface area contributed by atoms with Gasteiger partial charge in [0.1, 0.15) is 6.61 Å². The highest BCUT2D eigenvalue weighted by atomic mass is 16.6. The van der Waals surface area contributed by atoms with Gasteiger partial charge in [-0.1, -0.05) is 45.1 Å². The molecule has 2 heterocycles. The summed E-state index contributed by atoms with van der Waals surface area (Å²) >= 11 is 0. The van der Waals surface area contributed by atoms with E-state index in [0.717, 1.165) is 12.8 Å². The molecule has 5 heteroatoms. The molecular weight excluding hydrogens is 342 g/mol. The molecule has 6 unspecified atom stereocenters. The Morgan fingerprint density at radius 3 is 2.59 bits per heavy atom. The van der Waals surface area contributed by atoms with Crippen LogP contribution in [0.15, 0.2) is 24.3 Å². The van der Waals surface area contributed by atoms with Crippen LogP contribution in [0.25, 0.3) is 0 Å². The van der Waals surface area contributed by atoms with Gasteiger partial charge in [0.2, 0.25) is 5.91 Å². The van der Waals surface area contributed by atoms with Crippen LogP contribution < -0.4 is 0 Å². The lowest BCUT2D eigenvalue weighted by Crippen LogP contribution is -2.45. The fraction of sp³-hybridized carbons (Fsp3) is 0.727. The Hall–Kier alpha value is -1.62. The van der Waals surface area contributed by atoms with Crippen LogP contribution in [0.3, 0.4) is 0 Å². The van der Waals surface area contributed by atoms with E-state index in [1.54, 1.807) is 0 Å². The number of ether oxygens (including phenoxy) is 2. The van der Waals surface area contributed by atoms with Gasteiger partial charge in [0.25, 0.3) is 0 Å². The van der Waals surface area contributed by atoms with Gasteiger partial charge in [0, 0.05) is 5.92 Å². The highest BCUT2D eigenvalue weighted by Gasteiger charge is 2.44. The highest BCUT2D eigenvalue weighted by Crippen LogP contribution is 2.38. The van der Waals surface area contributed by atoms with Gasteiger partial charge in [-0.25, -0.2) is 9.69 Å². The fourth-order valence-corrected chi connectivity index (χ4v) is 4.55. The van der Waals surface area contributed by atoms with Crippen molar-refractivity contribution in [2.24, 2.45) is 29.6 Å². The molecule has 2 aliphatic heterocycles. The van der Waals surface area contributed by atoms with Crippen molar-refractivity contribution in [2.45, 2.75) is 59.1 Å². The average Bonchev–Trinajstić information content (AvgIpc) is 3.17. The molecule has 2 saturated heterocycles. The van der Waals surface area contributed by atoms with E-state index in [9.17, 15) is 9.59 Å². The summed E-state index contributed by atoms with van der Waals surface area (Å²) in [5, 5.41) is 0. The fourth-order valence-electron chi connectivity index (χ4n) is 4.55. The van der Waals surface area contributed by atoms with E-state index in [0.29, 0.717) is 31.0 Å². The summed E-state index contributed by atoms with van der Waals surface area (Å²) in [4.78, 5) is 26.9. The summed E-state index contributed by atoms with van der Waals surface area (Å²) < 4.78 is 11.1. The molecule has 3 aliphatic rings. The molecule has 0 aromatic heterocycles. The van der Waals surface area contributed by atoms with Crippen LogP contribution in [0, 0.1) is 29.6 Å². The van der Waals surface area contributed by atoms with E-state index in [4.69, 9.17) is 9.47 Å². The first-order valence-electron chi connectivity index (χ1n) is 10.2. The Bertz CT molecular complexity index is 638. The van der Waals surface area contributed by atoms with Gasteiger partial charge in [-0.15, -0.1) is 0 Å². The summed E-state index contributed by atoms with van der Waals surface area (Å²) in [6, 6.07) is -0.181. The first-order chi connectivity index (χ1) is 12.7. The molecule has 0 radical (unpaired) electrons. The lowest BCUT2D eigenvalue weighted by molar-refractivity contribution is -0.135. The van der Waals surface area contributed by atoms with Gasteiger partial charge in [0.15, 0.2) is 0 Å². The molecule has 2 amide bonds. The Morgan fingerprint density at radius 1 is 1.26 bits per heavy atom. The standard InChI is InChI=1S/C22H33NO4/c1-14-8-6-7-9-17(14)10-19-13-26-21(25)23(19)20(24)16(3)15(2)18-11-22(4,5)27-12-18/h6-9,14-19H,10-13H2,1-5H3. The second-order valence-corrected chi connectivity index (χ2v) is 9.15. The second-order valence-electron chi connectivity index (χ2n) is 9.15. The normalized spacial score (nSPS) is 34.6. The zero-order chi connectivity index (χ0) is 19.8. The molecule has 0 aromatic rings. The number of hydrogen-bond acceptors (Lipinski definition) is 4. The largest absolute Gasteiger partial charge is 0.447 e. The van der Waals surface area contributed by atoms with E-state index in [1.165, 1.54) is 4.90 Å². The first-order valence-corrected chi connectivity index (χ1v) is 10.2. The van der Waals surface area contributed by atoms with Crippen LogP contribution in [-0.2, 0) is 14.3 Å². The van der Waals surface area contributed by atoms with Crippen molar-refractivity contribution >= 4 is 12.0 Å². The van der Waals surface area contributed by atoms with E-state index in [1.807, 2.05) is 13.0 Å². The molecule has 0 bridgehead atoms. The van der Waals surface area contributed by atoms with Crippen molar-refractivity contribution in [3.63, 3.8) is 0 Å². The van der Waals surface area contributed by atoms with Crippen LogP contribution in [0.1, 0.15) is 47.5 Å². The number of carbonyl (C=O) groups is 2. The van der Waals surface area contributed by atoms with Crippen LogP contribution in [-0.4, -0.2) is 41.8 Å². The number of nitrogens with zero attached hydrogens (tertiary/aromatic N) is 1. The molecule has 5 nitrogen and oxygen atoms in total. The Kier molecular flexibility index (Phi) is 5.80. The monoisotopic (exact) mass is 375 g/mol. The predicted octanol–water partition coefficient (Wildman–Crippen LogP) is 4.19. The van der Waals surface area contributed by atoms with Crippen molar-refractivity contribution < 1.29 is 19.1 Å². The zero-order valence-corrected chi connectivity index (χ0v) is 17.2. The molecule has 0 aromatic carbocycles. The van der Waals surface area contributed by atoms with Crippen molar-refractivity contribution in [1.82, 2.24) is 4.90 Å². The SMILES string of the molecule is CC1C=CC=CC1CC1COC(=O)N1C(=O)C(C)C(C)C1COC(C)(C)C1. The third-order valence-electron chi connectivity index (χ3n) is 6.67. The summed E-state index contributed by atoms with van der Waals surface area (Å²) in [5.41, 5.74) is -0.131. The van der Waals surface area contributed by atoms with Gasteiger partial charge in [-0.2, -0.15) is 0 Å². The van der Waals surface area contributed by atoms with Gasteiger partial charge in [0.05, 0.1) is 18.2 Å². The number of carbonyl (C=O) groups excluding carboxylic acids is 2. The van der Waals surface area contributed by atoms with Gasteiger partial charge in [-0.3, -0.25) is 4.79 Å². The third-order valence-corrected chi connectivity index (χ3v) is 6.67. The van der Waals surface area contributed by atoms with Gasteiger partial charge >= 0.3 is 6.09 Å². The number of allylic oxidation sites excluding steroid dienone is 4. The average molecular weight is 376 g/mol. The van der Waals surface area contributed by atoms with Crippen LogP contribution in [0.2, 0.25) is 0 Å². The Morgan fingerprint density at radius 2 is 1.96 bits per heavy atom. The summed E-state index contributed by atoms with van der Waals surface area (Å²) in [6.07, 6.45) is 9.63. The van der Waals surface area contributed by atoms with Crippen molar-refractivity contribution in [3.05, 3.63) is 24.3 Å². The minimum atomic E-state index is -0.491. The molecule has 0 saturated carbocycles. The topological polar surface area (TPSA) is 55.8 Å². The Labute approximate surface area is 162 Å². The number of rotatable bonds is 5. The summed E-state index contributed by atoms with van der Waals surface area (Å²) in [7, 11) is 0. The second kappa shape index (κ2) is 7.78. The van der Waals surface area contributed by atoms with Gasteiger partial charge < -0.3 is 9.47 Å². The third kappa shape index (κ3) is 4.29. The quantitative estimate of drug-likeness (QED) is 0.723. The predicted molar refractivity (Wildman–Crippen MR) is 104 cm³/mol. The van der Waals surface area contributed by atoms with E-state index >= 15 is 0 Å². The number of amides is 2. The lowest BCUT2D eigenvalue weighted by Gasteiger charge is -2.31. The van der Waals surface area contributed by atoms with E-state index in [-0.39, 0.29) is 29.4 Å². The molecule has 0 N–H and O–H groups in total. The van der Waals surface area contributed by atoms with Crippen molar-refractivity contribution in [2.75, 3.05) is 13.2 Å². The molecule has 0 spiro atoms. The van der Waals surface area contributed by atoms with Crippen LogP contribution >= 0.6 is 0 Å². The molecule has 27 heavy (non-hydrogen) atoms. The van der Waals surface area contributed by atoms with Crippen LogP contribution in [0.5, 0.6) is 0 Å². The molecule has 2 fully saturated rings. The first kappa shape index (κ1) is 20.1. The lowest BCUT2D eigenvalue weighted by atomic mass is 9.79. The maximum atomic E-state index is 13.2. The van der Waals surface area contributed by atoms with Gasteiger partial charge in [-0.05, 0) is 50.4 Å². The number of cyclic esters (lactones) is 1. The minimum Gasteiger partial charge on any atom is -0.447 e. The molecule has 1 aliphatic carbocycles. The zero-order valence-electron chi connectivity index (χ0n) is 17.2. The van der Waals surface area contributed by atoms with Crippen molar-refractivity contribution in [1.29, 1.82) is 0 Å². The molecular formula is C22H33NO4. The van der Waals surface area contributed by atoms with Crippen LogP contribution in [0.4, 0.5) is 4.79 Å². The highest BCUT2D eigenvalue weighted by molar-refractivity contribution is 5.94. The molecule has 6 atom stereocenters. The molecule has 150 valence electrons. The maximum absolute atomic E-state index is 13.2. The molecule has 3 rings (SSSR count). The number of imide groups is 1. The summed E-state index contributed by atoms with van der Waals surface area (Å²) in [6.45, 7) is 11.4. The Balaban J connectivity index is 1.66. The van der Waals surface area contributed by atoms with E-state index in [2.05, 4.69) is 45.9 Å². The smallest absolute Gasteiger partial charge is 0.416 e. The summed E-state index contributed by atoms with van der Waals surface area (Å²) in [5.74, 6) is 0.869. The maximum Gasteiger partial charge on any atom is 0.416 e. The van der Waals surface area contributed by atoms with E-state index < -0.39 is 6.09 Å².